The van der Waals surface area contributed by atoms with E-state index in [0.717, 1.165) is 39.0 Å². The molecular formula is C15H23N3O2. The molecule has 1 amide bonds. The van der Waals surface area contributed by atoms with Gasteiger partial charge < -0.3 is 14.8 Å². The summed E-state index contributed by atoms with van der Waals surface area (Å²) in [5.41, 5.74) is -0.140. The highest BCUT2D eigenvalue weighted by Gasteiger charge is 2.18. The first kappa shape index (κ1) is 14.8. The second-order valence-corrected chi connectivity index (χ2v) is 5.35. The third-order valence-corrected chi connectivity index (χ3v) is 3.96. The number of nitrogens with one attached hydrogen (secondary N) is 1. The highest BCUT2D eigenvalue weighted by molar-refractivity contribution is 5.75. The second-order valence-electron chi connectivity index (χ2n) is 5.35. The molecule has 0 aliphatic carbocycles. The minimum atomic E-state index is -0.140. The summed E-state index contributed by atoms with van der Waals surface area (Å²) < 4.78 is 1.43. The van der Waals surface area contributed by atoms with Crippen molar-refractivity contribution in [2.45, 2.75) is 26.3 Å². The molecule has 1 N–H and O–H groups in total. The zero-order valence-corrected chi connectivity index (χ0v) is 12.0. The fourth-order valence-corrected chi connectivity index (χ4v) is 2.57. The lowest BCUT2D eigenvalue weighted by molar-refractivity contribution is -0.122. The predicted molar refractivity (Wildman–Crippen MR) is 78.5 cm³/mol. The molecule has 1 aliphatic heterocycles. The number of carbonyl (C=O) groups is 1. The first-order chi connectivity index (χ1) is 9.69. The Morgan fingerprint density at radius 2 is 2.10 bits per heavy atom. The molecule has 1 saturated heterocycles. The number of nitrogens with zero attached hydrogens (tertiary/aromatic N) is 2. The van der Waals surface area contributed by atoms with Crippen molar-refractivity contribution in [2.75, 3.05) is 26.2 Å². The van der Waals surface area contributed by atoms with Gasteiger partial charge >= 0.3 is 0 Å². The molecule has 110 valence electrons. The largest absolute Gasteiger partial charge is 0.354 e. The number of hydrogen-bond acceptors (Lipinski definition) is 3. The van der Waals surface area contributed by atoms with Gasteiger partial charge in [0.05, 0.1) is 0 Å². The number of piperidine rings is 1. The highest BCUT2D eigenvalue weighted by atomic mass is 16.2. The summed E-state index contributed by atoms with van der Waals surface area (Å²) in [5, 5.41) is 2.94. The summed E-state index contributed by atoms with van der Waals surface area (Å²) in [6, 6.07) is 4.90. The fourth-order valence-electron chi connectivity index (χ4n) is 2.57. The molecule has 1 aromatic heterocycles. The fraction of sp³-hybridized carbons (Fsp3) is 0.600. The minimum absolute atomic E-state index is 0.0868. The van der Waals surface area contributed by atoms with E-state index in [0.29, 0.717) is 5.92 Å². The van der Waals surface area contributed by atoms with Crippen LogP contribution in [0.3, 0.4) is 0 Å². The zero-order valence-electron chi connectivity index (χ0n) is 12.0. The van der Waals surface area contributed by atoms with Crippen LogP contribution >= 0.6 is 0 Å². The lowest BCUT2D eigenvalue weighted by Crippen LogP contribution is -2.39. The van der Waals surface area contributed by atoms with Gasteiger partial charge in [-0.3, -0.25) is 9.59 Å². The van der Waals surface area contributed by atoms with Crippen molar-refractivity contribution in [3.05, 3.63) is 34.7 Å². The van der Waals surface area contributed by atoms with Gasteiger partial charge in [0.2, 0.25) is 5.91 Å². The van der Waals surface area contributed by atoms with Crippen LogP contribution in [0.15, 0.2) is 29.2 Å². The lowest BCUT2D eigenvalue weighted by Gasteiger charge is -2.31. The van der Waals surface area contributed by atoms with Crippen LogP contribution in [-0.4, -0.2) is 41.6 Å². The smallest absolute Gasteiger partial charge is 0.250 e. The van der Waals surface area contributed by atoms with E-state index >= 15 is 0 Å². The van der Waals surface area contributed by atoms with E-state index in [9.17, 15) is 9.59 Å². The summed E-state index contributed by atoms with van der Waals surface area (Å²) in [4.78, 5) is 25.8. The molecule has 1 aliphatic rings. The van der Waals surface area contributed by atoms with E-state index in [1.54, 1.807) is 18.3 Å². The van der Waals surface area contributed by atoms with Gasteiger partial charge in [0, 0.05) is 18.8 Å². The summed E-state index contributed by atoms with van der Waals surface area (Å²) in [6.07, 6.45) is 3.92. The van der Waals surface area contributed by atoms with Crippen molar-refractivity contribution in [1.82, 2.24) is 14.8 Å². The van der Waals surface area contributed by atoms with Gasteiger partial charge in [-0.05, 0) is 44.5 Å². The maximum atomic E-state index is 11.8. The first-order valence-electron chi connectivity index (χ1n) is 7.33. The van der Waals surface area contributed by atoms with Gasteiger partial charge in [-0.15, -0.1) is 0 Å². The Bertz CT molecular complexity index is 490. The summed E-state index contributed by atoms with van der Waals surface area (Å²) >= 11 is 0. The van der Waals surface area contributed by atoms with Gasteiger partial charge in [0.25, 0.3) is 5.56 Å². The molecule has 1 fully saturated rings. The monoisotopic (exact) mass is 277 g/mol. The lowest BCUT2D eigenvalue weighted by atomic mass is 9.97. The third-order valence-electron chi connectivity index (χ3n) is 3.96. The average Bonchev–Trinajstić information content (AvgIpc) is 2.48. The maximum absolute atomic E-state index is 11.8. The number of aromatic nitrogens is 1. The molecule has 20 heavy (non-hydrogen) atoms. The molecule has 0 radical (unpaired) electrons. The van der Waals surface area contributed by atoms with Crippen molar-refractivity contribution in [1.29, 1.82) is 0 Å². The Labute approximate surface area is 119 Å². The Kier molecular flexibility index (Phi) is 5.35. The maximum Gasteiger partial charge on any atom is 0.250 e. The highest BCUT2D eigenvalue weighted by Crippen LogP contribution is 2.15. The van der Waals surface area contributed by atoms with E-state index in [-0.39, 0.29) is 18.0 Å². The molecule has 0 bridgehead atoms. The molecule has 0 spiro atoms. The van der Waals surface area contributed by atoms with Crippen molar-refractivity contribution < 1.29 is 4.79 Å². The quantitative estimate of drug-likeness (QED) is 0.862. The molecule has 0 saturated carbocycles. The third kappa shape index (κ3) is 4.20. The Hall–Kier alpha value is -1.62. The number of likely N-dealkylation sites (tertiary alicyclic amines) is 1. The minimum Gasteiger partial charge on any atom is -0.354 e. The SMILES string of the molecule is CCN1CCC(CNC(=O)Cn2ccccc2=O)CC1. The van der Waals surface area contributed by atoms with E-state index in [1.165, 1.54) is 10.6 Å². The van der Waals surface area contributed by atoms with Gasteiger partial charge in [-0.1, -0.05) is 13.0 Å². The Balaban J connectivity index is 1.73. The van der Waals surface area contributed by atoms with Crippen LogP contribution in [0.4, 0.5) is 0 Å². The topological polar surface area (TPSA) is 54.3 Å². The van der Waals surface area contributed by atoms with Crippen LogP contribution in [-0.2, 0) is 11.3 Å². The van der Waals surface area contributed by atoms with Crippen LogP contribution in [0.2, 0.25) is 0 Å². The van der Waals surface area contributed by atoms with Crippen LogP contribution in [0, 0.1) is 5.92 Å². The van der Waals surface area contributed by atoms with Gasteiger partial charge in [-0.2, -0.15) is 0 Å². The van der Waals surface area contributed by atoms with Gasteiger partial charge in [0.1, 0.15) is 6.54 Å². The molecular weight excluding hydrogens is 254 g/mol. The van der Waals surface area contributed by atoms with E-state index < -0.39 is 0 Å². The molecule has 0 atom stereocenters. The second kappa shape index (κ2) is 7.24. The number of carbonyl (C=O) groups excluding carboxylic acids is 1. The molecule has 5 heteroatoms. The van der Waals surface area contributed by atoms with Crippen LogP contribution in [0.5, 0.6) is 0 Å². The van der Waals surface area contributed by atoms with Gasteiger partial charge in [0.15, 0.2) is 0 Å². The molecule has 0 aromatic carbocycles. The normalized spacial score (nSPS) is 17.1. The Morgan fingerprint density at radius 1 is 1.35 bits per heavy atom. The van der Waals surface area contributed by atoms with Crippen molar-refractivity contribution in [3.63, 3.8) is 0 Å². The van der Waals surface area contributed by atoms with E-state index in [4.69, 9.17) is 0 Å². The van der Waals surface area contributed by atoms with Crippen molar-refractivity contribution in [2.24, 2.45) is 5.92 Å². The Morgan fingerprint density at radius 3 is 2.75 bits per heavy atom. The average molecular weight is 277 g/mol. The van der Waals surface area contributed by atoms with E-state index in [2.05, 4.69) is 17.1 Å². The molecule has 2 rings (SSSR count). The molecule has 0 unspecified atom stereocenters. The van der Waals surface area contributed by atoms with Crippen molar-refractivity contribution in [3.8, 4) is 0 Å². The van der Waals surface area contributed by atoms with Gasteiger partial charge in [-0.25, -0.2) is 0 Å². The first-order valence-corrected chi connectivity index (χ1v) is 7.33. The summed E-state index contributed by atoms with van der Waals surface area (Å²) in [7, 11) is 0. The number of hydrogen-bond donors (Lipinski definition) is 1. The van der Waals surface area contributed by atoms with E-state index in [1.807, 2.05) is 0 Å². The van der Waals surface area contributed by atoms with Crippen LogP contribution in [0.1, 0.15) is 19.8 Å². The molecule has 5 nitrogen and oxygen atoms in total. The predicted octanol–water partition coefficient (Wildman–Crippen LogP) is 0.696. The standard InChI is InChI=1S/C15H23N3O2/c1-2-17-9-6-13(7-10-17)11-16-14(19)12-18-8-4-3-5-15(18)20/h3-5,8,13H,2,6-7,9-12H2,1H3,(H,16,19). The summed E-state index contributed by atoms with van der Waals surface area (Å²) in [6.45, 7) is 6.35. The van der Waals surface area contributed by atoms with Crippen LogP contribution in [0.25, 0.3) is 0 Å². The molecule has 2 heterocycles. The molecule has 1 aromatic rings. The zero-order chi connectivity index (χ0) is 14.4. The number of rotatable bonds is 5. The summed E-state index contributed by atoms with van der Waals surface area (Å²) in [5.74, 6) is 0.477. The number of amides is 1. The van der Waals surface area contributed by atoms with Crippen LogP contribution < -0.4 is 10.9 Å². The van der Waals surface area contributed by atoms with Crippen molar-refractivity contribution >= 4 is 5.91 Å². The number of pyridine rings is 1.